The van der Waals surface area contributed by atoms with Gasteiger partial charge in [0.05, 0.1) is 0 Å². The molecule has 2 aliphatic rings. The topological polar surface area (TPSA) is 20.3 Å². The lowest BCUT2D eigenvalue weighted by atomic mass is 9.80. The highest BCUT2D eigenvalue weighted by Gasteiger charge is 2.28. The molecule has 1 aromatic rings. The number of rotatable bonds is 2. The predicted molar refractivity (Wildman–Crippen MR) is 76.8 cm³/mol. The molecule has 0 spiro atoms. The number of hydrogen-bond donors (Lipinski definition) is 0. The fourth-order valence-corrected chi connectivity index (χ4v) is 3.34. The van der Waals surface area contributed by atoms with Gasteiger partial charge in [-0.25, -0.2) is 0 Å². The van der Waals surface area contributed by atoms with E-state index in [4.69, 9.17) is 0 Å². The summed E-state index contributed by atoms with van der Waals surface area (Å²) in [5.74, 6) is 0.887. The summed E-state index contributed by atoms with van der Waals surface area (Å²) in [6, 6.07) is 10.7. The van der Waals surface area contributed by atoms with E-state index in [0.717, 1.165) is 38.9 Å². The zero-order valence-electron chi connectivity index (χ0n) is 11.6. The number of ketones is 1. The lowest BCUT2D eigenvalue weighted by Gasteiger charge is -2.36. The molecule has 1 atom stereocenters. The molecule has 1 aliphatic heterocycles. The Morgan fingerprint density at radius 3 is 2.84 bits per heavy atom. The van der Waals surface area contributed by atoms with Crippen molar-refractivity contribution in [1.82, 2.24) is 4.90 Å². The van der Waals surface area contributed by atoms with E-state index in [-0.39, 0.29) is 0 Å². The normalized spacial score (nSPS) is 24.5. The highest BCUT2D eigenvalue weighted by molar-refractivity contribution is 5.83. The highest BCUT2D eigenvalue weighted by atomic mass is 16.1. The number of hydrogen-bond acceptors (Lipinski definition) is 2. The van der Waals surface area contributed by atoms with Crippen LogP contribution < -0.4 is 0 Å². The van der Waals surface area contributed by atoms with Gasteiger partial charge in [-0.2, -0.15) is 0 Å². The minimum absolute atomic E-state index is 0.433. The van der Waals surface area contributed by atoms with Gasteiger partial charge >= 0.3 is 0 Å². The molecule has 2 nitrogen and oxygen atoms in total. The second-order valence-electron chi connectivity index (χ2n) is 5.90. The summed E-state index contributed by atoms with van der Waals surface area (Å²) in [6.07, 6.45) is 2.55. The Morgan fingerprint density at radius 1 is 1.26 bits per heavy atom. The molecule has 0 radical (unpaired) electrons. The van der Waals surface area contributed by atoms with Crippen molar-refractivity contribution in [2.24, 2.45) is 5.92 Å². The first-order chi connectivity index (χ1) is 9.22. The van der Waals surface area contributed by atoms with Gasteiger partial charge in [-0.1, -0.05) is 48.4 Å². The summed E-state index contributed by atoms with van der Waals surface area (Å²) < 4.78 is 0. The third-order valence-corrected chi connectivity index (χ3v) is 4.37. The summed E-state index contributed by atoms with van der Waals surface area (Å²) in [7, 11) is 0. The molecule has 0 amide bonds. The van der Waals surface area contributed by atoms with Crippen molar-refractivity contribution in [2.45, 2.75) is 32.7 Å². The van der Waals surface area contributed by atoms with Crippen molar-refractivity contribution in [3.05, 3.63) is 47.0 Å². The maximum atomic E-state index is 11.7. The maximum absolute atomic E-state index is 11.7. The van der Waals surface area contributed by atoms with Crippen LogP contribution in [0.1, 0.15) is 31.7 Å². The molecular formula is C17H21NO. The first-order valence-corrected chi connectivity index (χ1v) is 7.21. The van der Waals surface area contributed by atoms with Crippen LogP contribution in [0.2, 0.25) is 0 Å². The lowest BCUT2D eigenvalue weighted by molar-refractivity contribution is -0.119. The number of benzene rings is 1. The smallest absolute Gasteiger partial charge is 0.137 e. The van der Waals surface area contributed by atoms with Crippen LogP contribution in [0.3, 0.4) is 0 Å². The molecule has 0 N–H and O–H groups in total. The average molecular weight is 255 g/mol. The van der Waals surface area contributed by atoms with E-state index in [2.05, 4.69) is 42.2 Å². The van der Waals surface area contributed by atoms with Crippen molar-refractivity contribution in [1.29, 1.82) is 0 Å². The van der Waals surface area contributed by atoms with Crippen molar-refractivity contribution in [3.8, 4) is 0 Å². The van der Waals surface area contributed by atoms with E-state index in [1.807, 2.05) is 0 Å². The van der Waals surface area contributed by atoms with E-state index in [1.54, 1.807) is 5.57 Å². The van der Waals surface area contributed by atoms with Crippen LogP contribution in [-0.4, -0.2) is 23.8 Å². The Morgan fingerprint density at radius 2 is 2.05 bits per heavy atom. The molecule has 100 valence electrons. The minimum Gasteiger partial charge on any atom is -0.299 e. The van der Waals surface area contributed by atoms with Crippen LogP contribution in [0.15, 0.2) is 41.5 Å². The molecule has 2 heteroatoms. The second kappa shape index (κ2) is 5.30. The van der Waals surface area contributed by atoms with Crippen LogP contribution in [0.4, 0.5) is 0 Å². The largest absolute Gasteiger partial charge is 0.299 e. The fourth-order valence-electron chi connectivity index (χ4n) is 3.34. The molecule has 1 aromatic carbocycles. The third kappa shape index (κ3) is 2.79. The summed E-state index contributed by atoms with van der Waals surface area (Å²) in [5, 5.41) is 0. The van der Waals surface area contributed by atoms with Gasteiger partial charge in [0, 0.05) is 32.5 Å². The van der Waals surface area contributed by atoms with E-state index in [0.29, 0.717) is 11.7 Å². The molecule has 3 rings (SSSR count). The standard InChI is InChI=1S/C17H21NO/c1-13-9-16(19)10-15-7-8-18(12-17(13)15)11-14-5-3-2-4-6-14/h2-6,13H,7-12H2,1H3/t13-/m1/s1. The SMILES string of the molecule is C[C@@H]1CC(=O)CC2=C1CN(Cc1ccccc1)CC2. The molecular weight excluding hydrogens is 234 g/mol. The van der Waals surface area contributed by atoms with Gasteiger partial charge in [-0.3, -0.25) is 9.69 Å². The Kier molecular flexibility index (Phi) is 3.52. The van der Waals surface area contributed by atoms with E-state index in [9.17, 15) is 4.79 Å². The third-order valence-electron chi connectivity index (χ3n) is 4.37. The van der Waals surface area contributed by atoms with Gasteiger partial charge in [-0.05, 0) is 17.9 Å². The first-order valence-electron chi connectivity index (χ1n) is 7.21. The molecule has 0 aromatic heterocycles. The van der Waals surface area contributed by atoms with Gasteiger partial charge in [-0.15, -0.1) is 0 Å². The van der Waals surface area contributed by atoms with Gasteiger partial charge in [0.2, 0.25) is 0 Å². The van der Waals surface area contributed by atoms with Gasteiger partial charge in [0.25, 0.3) is 0 Å². The van der Waals surface area contributed by atoms with Crippen LogP contribution in [0.5, 0.6) is 0 Å². The van der Waals surface area contributed by atoms with E-state index in [1.165, 1.54) is 11.1 Å². The molecule has 0 unspecified atom stereocenters. The summed E-state index contributed by atoms with van der Waals surface area (Å²) in [4.78, 5) is 14.2. The summed E-state index contributed by atoms with van der Waals surface area (Å²) in [6.45, 7) is 5.38. The minimum atomic E-state index is 0.433. The van der Waals surface area contributed by atoms with Gasteiger partial charge in [0.15, 0.2) is 0 Å². The van der Waals surface area contributed by atoms with Gasteiger partial charge in [0.1, 0.15) is 5.78 Å². The Labute approximate surface area is 115 Å². The zero-order valence-corrected chi connectivity index (χ0v) is 11.6. The first kappa shape index (κ1) is 12.6. The molecule has 0 saturated carbocycles. The quantitative estimate of drug-likeness (QED) is 0.756. The predicted octanol–water partition coefficient (Wildman–Crippen LogP) is 3.19. The molecule has 0 fully saturated rings. The van der Waals surface area contributed by atoms with Crippen molar-refractivity contribution in [3.63, 3.8) is 0 Å². The van der Waals surface area contributed by atoms with E-state index < -0.39 is 0 Å². The fraction of sp³-hybridized carbons (Fsp3) is 0.471. The number of carbonyl (C=O) groups is 1. The molecule has 1 aliphatic carbocycles. The van der Waals surface area contributed by atoms with E-state index >= 15 is 0 Å². The number of nitrogens with zero attached hydrogens (tertiary/aromatic N) is 1. The van der Waals surface area contributed by atoms with Crippen molar-refractivity contribution >= 4 is 5.78 Å². The van der Waals surface area contributed by atoms with Crippen molar-refractivity contribution in [2.75, 3.05) is 13.1 Å². The van der Waals surface area contributed by atoms with Crippen LogP contribution >= 0.6 is 0 Å². The van der Waals surface area contributed by atoms with Gasteiger partial charge < -0.3 is 0 Å². The average Bonchev–Trinajstić information content (AvgIpc) is 2.40. The Bertz CT molecular complexity index is 503. The lowest BCUT2D eigenvalue weighted by Crippen LogP contribution is -2.35. The monoisotopic (exact) mass is 255 g/mol. The maximum Gasteiger partial charge on any atom is 0.137 e. The van der Waals surface area contributed by atoms with Crippen LogP contribution in [0, 0.1) is 5.92 Å². The Hall–Kier alpha value is -1.41. The molecule has 19 heavy (non-hydrogen) atoms. The van der Waals surface area contributed by atoms with Crippen LogP contribution in [0.25, 0.3) is 0 Å². The zero-order chi connectivity index (χ0) is 13.2. The molecule has 0 bridgehead atoms. The highest BCUT2D eigenvalue weighted by Crippen LogP contribution is 2.33. The van der Waals surface area contributed by atoms with Crippen molar-refractivity contribution < 1.29 is 4.79 Å². The van der Waals surface area contributed by atoms with Crippen LogP contribution in [-0.2, 0) is 11.3 Å². The second-order valence-corrected chi connectivity index (χ2v) is 5.90. The number of carbonyl (C=O) groups excluding carboxylic acids is 1. The molecule has 0 saturated heterocycles. The molecule has 1 heterocycles. The summed E-state index contributed by atoms with van der Waals surface area (Å²) in [5.41, 5.74) is 4.36. The Balaban J connectivity index is 1.71. The number of Topliss-reactive ketones (excluding diaryl/α,β-unsaturated/α-hetero) is 1. The summed E-state index contributed by atoms with van der Waals surface area (Å²) >= 11 is 0.